The average Bonchev–Trinajstić information content (AvgIpc) is 2.45. The Morgan fingerprint density at radius 2 is 1.95 bits per heavy atom. The molecule has 0 spiro atoms. The molecule has 20 heavy (non-hydrogen) atoms. The lowest BCUT2D eigenvalue weighted by Gasteiger charge is -2.17. The molecule has 0 amide bonds. The van der Waals surface area contributed by atoms with Crippen LogP contribution >= 0.6 is 0 Å². The summed E-state index contributed by atoms with van der Waals surface area (Å²) in [5.74, 6) is 0.677. The van der Waals surface area contributed by atoms with Crippen molar-refractivity contribution in [3.63, 3.8) is 0 Å². The van der Waals surface area contributed by atoms with Crippen LogP contribution in [0.1, 0.15) is 36.8 Å². The van der Waals surface area contributed by atoms with Crippen LogP contribution in [0.2, 0.25) is 0 Å². The number of hydrogen-bond donors (Lipinski definition) is 1. The molecular formula is C15H17N3O2. The first kappa shape index (κ1) is 14.0. The number of non-ortho nitro benzene ring substituents is 1. The van der Waals surface area contributed by atoms with Crippen molar-refractivity contribution in [1.82, 2.24) is 4.98 Å². The van der Waals surface area contributed by atoms with E-state index in [4.69, 9.17) is 5.73 Å². The van der Waals surface area contributed by atoms with Gasteiger partial charge in [-0.3, -0.25) is 10.1 Å². The van der Waals surface area contributed by atoms with E-state index >= 15 is 0 Å². The molecule has 0 aliphatic carbocycles. The number of hydrogen-bond acceptors (Lipinski definition) is 4. The van der Waals surface area contributed by atoms with E-state index in [1.807, 2.05) is 24.3 Å². The van der Waals surface area contributed by atoms with E-state index in [0.717, 1.165) is 24.0 Å². The van der Waals surface area contributed by atoms with Crippen LogP contribution in [-0.4, -0.2) is 9.91 Å². The summed E-state index contributed by atoms with van der Waals surface area (Å²) in [4.78, 5) is 14.3. The van der Waals surface area contributed by atoms with Crippen LogP contribution in [-0.2, 0) is 0 Å². The summed E-state index contributed by atoms with van der Waals surface area (Å²) in [7, 11) is 0. The number of rotatable bonds is 5. The third kappa shape index (κ3) is 3.12. The highest BCUT2D eigenvalue weighted by Gasteiger charge is 2.15. The topological polar surface area (TPSA) is 82.0 Å². The van der Waals surface area contributed by atoms with Crippen LogP contribution < -0.4 is 5.73 Å². The first-order chi connectivity index (χ1) is 9.61. The normalized spacial score (nSPS) is 12.1. The predicted octanol–water partition coefficient (Wildman–Crippen LogP) is 3.50. The number of aromatic nitrogens is 1. The third-order valence-corrected chi connectivity index (χ3v) is 3.29. The van der Waals surface area contributed by atoms with Crippen LogP contribution in [0.5, 0.6) is 0 Å². The molecule has 1 atom stereocenters. The van der Waals surface area contributed by atoms with Gasteiger partial charge in [-0.15, -0.1) is 0 Å². The average molecular weight is 271 g/mol. The Bertz CT molecular complexity index is 596. The van der Waals surface area contributed by atoms with Gasteiger partial charge in [-0.05, 0) is 29.7 Å². The number of nitrogen functional groups attached to an aromatic ring is 1. The van der Waals surface area contributed by atoms with Crippen LogP contribution in [0, 0.1) is 10.1 Å². The SMILES string of the molecule is CCCC(c1ccc([N+](=O)[O-])cc1)c1ccnc(N)c1. The summed E-state index contributed by atoms with van der Waals surface area (Å²) in [5.41, 5.74) is 7.99. The molecule has 0 aliphatic rings. The van der Waals surface area contributed by atoms with Gasteiger partial charge in [0.25, 0.3) is 5.69 Å². The fourth-order valence-corrected chi connectivity index (χ4v) is 2.33. The molecule has 0 saturated carbocycles. The molecule has 2 rings (SSSR count). The molecule has 0 fully saturated rings. The largest absolute Gasteiger partial charge is 0.384 e. The van der Waals surface area contributed by atoms with Crippen LogP contribution in [0.15, 0.2) is 42.6 Å². The molecule has 0 bridgehead atoms. The van der Waals surface area contributed by atoms with Gasteiger partial charge in [-0.2, -0.15) is 0 Å². The number of nitro groups is 1. The summed E-state index contributed by atoms with van der Waals surface area (Å²) in [6.07, 6.45) is 3.67. The van der Waals surface area contributed by atoms with Crippen LogP contribution in [0.3, 0.4) is 0 Å². The first-order valence-corrected chi connectivity index (χ1v) is 6.57. The Kier molecular flexibility index (Phi) is 4.30. The molecule has 0 saturated heterocycles. The summed E-state index contributed by atoms with van der Waals surface area (Å²) in [5, 5.41) is 10.7. The van der Waals surface area contributed by atoms with Gasteiger partial charge in [-0.1, -0.05) is 25.5 Å². The van der Waals surface area contributed by atoms with Gasteiger partial charge in [0.1, 0.15) is 5.82 Å². The maximum absolute atomic E-state index is 10.7. The van der Waals surface area contributed by atoms with Gasteiger partial charge in [0.2, 0.25) is 0 Å². The number of anilines is 1. The second kappa shape index (κ2) is 6.14. The summed E-state index contributed by atoms with van der Waals surface area (Å²) >= 11 is 0. The summed E-state index contributed by atoms with van der Waals surface area (Å²) < 4.78 is 0. The zero-order valence-electron chi connectivity index (χ0n) is 11.3. The van der Waals surface area contributed by atoms with Crippen molar-refractivity contribution in [2.24, 2.45) is 0 Å². The number of pyridine rings is 1. The van der Waals surface area contributed by atoms with E-state index in [-0.39, 0.29) is 16.5 Å². The van der Waals surface area contributed by atoms with Crippen molar-refractivity contribution in [3.05, 3.63) is 63.8 Å². The van der Waals surface area contributed by atoms with Gasteiger partial charge in [0.15, 0.2) is 0 Å². The molecule has 1 heterocycles. The Labute approximate surface area is 117 Å². The Morgan fingerprint density at radius 3 is 2.50 bits per heavy atom. The highest BCUT2D eigenvalue weighted by molar-refractivity contribution is 5.41. The van der Waals surface area contributed by atoms with E-state index in [0.29, 0.717) is 5.82 Å². The van der Waals surface area contributed by atoms with Crippen molar-refractivity contribution in [1.29, 1.82) is 0 Å². The van der Waals surface area contributed by atoms with Crippen molar-refractivity contribution >= 4 is 11.5 Å². The van der Waals surface area contributed by atoms with Crippen molar-refractivity contribution in [2.45, 2.75) is 25.7 Å². The lowest BCUT2D eigenvalue weighted by atomic mass is 9.88. The molecule has 1 unspecified atom stereocenters. The highest BCUT2D eigenvalue weighted by atomic mass is 16.6. The van der Waals surface area contributed by atoms with Gasteiger partial charge in [0, 0.05) is 24.2 Å². The van der Waals surface area contributed by atoms with Gasteiger partial charge < -0.3 is 5.73 Å². The molecule has 104 valence electrons. The van der Waals surface area contributed by atoms with E-state index in [1.54, 1.807) is 18.3 Å². The first-order valence-electron chi connectivity index (χ1n) is 6.57. The number of nitro benzene ring substituents is 1. The van der Waals surface area contributed by atoms with Crippen LogP contribution in [0.25, 0.3) is 0 Å². The van der Waals surface area contributed by atoms with Crippen molar-refractivity contribution in [2.75, 3.05) is 5.73 Å². The summed E-state index contributed by atoms with van der Waals surface area (Å²) in [6.45, 7) is 2.11. The molecule has 0 radical (unpaired) electrons. The molecule has 5 heteroatoms. The predicted molar refractivity (Wildman–Crippen MR) is 78.5 cm³/mol. The maximum Gasteiger partial charge on any atom is 0.269 e. The van der Waals surface area contributed by atoms with Crippen molar-refractivity contribution in [3.8, 4) is 0 Å². The van der Waals surface area contributed by atoms with Gasteiger partial charge in [-0.25, -0.2) is 4.98 Å². The highest BCUT2D eigenvalue weighted by Crippen LogP contribution is 2.30. The monoisotopic (exact) mass is 271 g/mol. The second-order valence-corrected chi connectivity index (χ2v) is 4.70. The van der Waals surface area contributed by atoms with Gasteiger partial charge in [0.05, 0.1) is 4.92 Å². The Balaban J connectivity index is 2.35. The fourth-order valence-electron chi connectivity index (χ4n) is 2.33. The third-order valence-electron chi connectivity index (χ3n) is 3.29. The quantitative estimate of drug-likeness (QED) is 0.666. The zero-order valence-corrected chi connectivity index (χ0v) is 11.3. The minimum Gasteiger partial charge on any atom is -0.384 e. The van der Waals surface area contributed by atoms with E-state index < -0.39 is 0 Å². The van der Waals surface area contributed by atoms with E-state index in [2.05, 4.69) is 11.9 Å². The van der Waals surface area contributed by atoms with Crippen molar-refractivity contribution < 1.29 is 4.92 Å². The number of nitrogens with two attached hydrogens (primary N) is 1. The molecule has 1 aromatic heterocycles. The fraction of sp³-hybridized carbons (Fsp3) is 0.267. The Morgan fingerprint density at radius 1 is 1.25 bits per heavy atom. The smallest absolute Gasteiger partial charge is 0.269 e. The standard InChI is InChI=1S/C15H17N3O2/c1-2-3-14(12-8-9-17-15(16)10-12)11-4-6-13(7-5-11)18(19)20/h4-10,14H,2-3H2,1H3,(H2,16,17). The zero-order chi connectivity index (χ0) is 14.5. The molecule has 5 nitrogen and oxygen atoms in total. The van der Waals surface area contributed by atoms with Crippen LogP contribution in [0.4, 0.5) is 11.5 Å². The molecule has 1 aromatic carbocycles. The molecule has 2 aromatic rings. The molecule has 2 N–H and O–H groups in total. The Hall–Kier alpha value is -2.43. The number of benzene rings is 1. The molecule has 0 aliphatic heterocycles. The minimum atomic E-state index is -0.386. The van der Waals surface area contributed by atoms with Gasteiger partial charge >= 0.3 is 0 Å². The minimum absolute atomic E-state index is 0.109. The lowest BCUT2D eigenvalue weighted by Crippen LogP contribution is -2.03. The second-order valence-electron chi connectivity index (χ2n) is 4.70. The summed E-state index contributed by atoms with van der Waals surface area (Å²) in [6, 6.07) is 10.5. The van der Waals surface area contributed by atoms with E-state index in [9.17, 15) is 10.1 Å². The number of nitrogens with zero attached hydrogens (tertiary/aromatic N) is 2. The van der Waals surface area contributed by atoms with E-state index in [1.165, 1.54) is 0 Å². The maximum atomic E-state index is 10.7. The lowest BCUT2D eigenvalue weighted by molar-refractivity contribution is -0.384. The molecular weight excluding hydrogens is 254 g/mol.